The van der Waals surface area contributed by atoms with Crippen LogP contribution in [0, 0.1) is 23.0 Å². The Bertz CT molecular complexity index is 1710. The summed E-state index contributed by atoms with van der Waals surface area (Å²) >= 11 is 0. The molecule has 0 unspecified atom stereocenters. The fraction of sp³-hybridized carbons (Fsp3) is 0.103. The monoisotopic (exact) mass is 510 g/mol. The van der Waals surface area contributed by atoms with Gasteiger partial charge in [-0.05, 0) is 48.0 Å². The van der Waals surface area contributed by atoms with Crippen LogP contribution in [0.2, 0.25) is 0 Å². The van der Waals surface area contributed by atoms with Gasteiger partial charge in [0.1, 0.15) is 24.1 Å². The molecule has 0 spiro atoms. The second-order valence-corrected chi connectivity index (χ2v) is 8.46. The number of benzene rings is 3. The van der Waals surface area contributed by atoms with Gasteiger partial charge in [-0.1, -0.05) is 24.3 Å². The van der Waals surface area contributed by atoms with Crippen molar-refractivity contribution < 1.29 is 23.0 Å². The van der Waals surface area contributed by atoms with Gasteiger partial charge in [-0.2, -0.15) is 5.26 Å². The molecule has 1 N–H and O–H groups in total. The van der Waals surface area contributed by atoms with Crippen LogP contribution < -0.4 is 4.74 Å². The number of aromatic amines is 1. The van der Waals surface area contributed by atoms with Gasteiger partial charge in [-0.3, -0.25) is 0 Å². The van der Waals surface area contributed by atoms with Crippen molar-refractivity contribution in [1.82, 2.24) is 15.0 Å². The largest absolute Gasteiger partial charge is 0.473 e. The number of methoxy groups -OCH3 is 1. The van der Waals surface area contributed by atoms with E-state index >= 15 is 4.39 Å². The lowest BCUT2D eigenvalue weighted by molar-refractivity contribution is 0.0601. The molecule has 0 amide bonds. The number of hydrogen-bond donors (Lipinski definition) is 1. The number of halogens is 2. The predicted molar refractivity (Wildman–Crippen MR) is 135 cm³/mol. The first kappa shape index (κ1) is 24.6. The van der Waals surface area contributed by atoms with E-state index in [1.165, 1.54) is 25.3 Å². The zero-order valence-corrected chi connectivity index (χ0v) is 20.2. The maximum absolute atomic E-state index is 15.0. The van der Waals surface area contributed by atoms with Gasteiger partial charge >= 0.3 is 5.97 Å². The minimum absolute atomic E-state index is 0.0695. The van der Waals surface area contributed by atoms with Crippen molar-refractivity contribution in [2.75, 3.05) is 7.11 Å². The summed E-state index contributed by atoms with van der Waals surface area (Å²) in [6.07, 6.45) is 0.223. The van der Waals surface area contributed by atoms with E-state index in [9.17, 15) is 9.18 Å². The van der Waals surface area contributed by atoms with Crippen LogP contribution in [-0.4, -0.2) is 28.0 Å². The molecule has 5 rings (SSSR count). The van der Waals surface area contributed by atoms with E-state index in [1.807, 2.05) is 6.07 Å². The van der Waals surface area contributed by atoms with E-state index in [2.05, 4.69) is 15.0 Å². The summed E-state index contributed by atoms with van der Waals surface area (Å²) in [6, 6.07) is 20.9. The number of esters is 1. The van der Waals surface area contributed by atoms with Gasteiger partial charge in [0, 0.05) is 23.6 Å². The number of H-pyrrole nitrogens is 1. The third kappa shape index (κ3) is 5.20. The van der Waals surface area contributed by atoms with Crippen molar-refractivity contribution >= 4 is 17.0 Å². The molecule has 0 bridgehead atoms. The SMILES string of the molecule is COC(=O)c1ccc2nc(Cc3ccc(-c4cccc(OCc5ccc(C#N)cc5F)n4)cc3F)[nH]c2c1. The topological polar surface area (TPSA) is 101 Å². The Morgan fingerprint density at radius 2 is 1.79 bits per heavy atom. The molecule has 0 aliphatic rings. The van der Waals surface area contributed by atoms with Gasteiger partial charge in [0.2, 0.25) is 5.88 Å². The van der Waals surface area contributed by atoms with Crippen LogP contribution in [0.4, 0.5) is 8.78 Å². The average molecular weight is 511 g/mol. The molecule has 0 saturated carbocycles. The number of pyridine rings is 1. The highest BCUT2D eigenvalue weighted by Crippen LogP contribution is 2.25. The number of imidazole rings is 1. The minimum Gasteiger partial charge on any atom is -0.473 e. The molecule has 5 aromatic rings. The molecule has 9 heteroatoms. The summed E-state index contributed by atoms with van der Waals surface area (Å²) in [5.41, 5.74) is 3.70. The lowest BCUT2D eigenvalue weighted by Crippen LogP contribution is -2.01. The smallest absolute Gasteiger partial charge is 0.337 e. The van der Waals surface area contributed by atoms with Crippen LogP contribution in [0.3, 0.4) is 0 Å². The average Bonchev–Trinajstić information content (AvgIpc) is 3.34. The van der Waals surface area contributed by atoms with E-state index in [0.29, 0.717) is 44.8 Å². The Balaban J connectivity index is 1.30. The quantitative estimate of drug-likeness (QED) is 0.281. The molecular formula is C29H20F2N4O3. The first-order chi connectivity index (χ1) is 18.4. The summed E-state index contributed by atoms with van der Waals surface area (Å²) in [4.78, 5) is 23.8. The second kappa shape index (κ2) is 10.5. The first-order valence-electron chi connectivity index (χ1n) is 11.6. The zero-order chi connectivity index (χ0) is 26.6. The van der Waals surface area contributed by atoms with Gasteiger partial charge < -0.3 is 14.5 Å². The van der Waals surface area contributed by atoms with E-state index in [4.69, 9.17) is 14.7 Å². The fourth-order valence-corrected chi connectivity index (χ4v) is 3.96. The summed E-state index contributed by atoms with van der Waals surface area (Å²) in [6.45, 7) is -0.0695. The number of carbonyl (C=O) groups excluding carboxylic acids is 1. The van der Waals surface area contributed by atoms with Crippen LogP contribution in [0.15, 0.2) is 72.8 Å². The van der Waals surface area contributed by atoms with Crippen molar-refractivity contribution in [3.8, 4) is 23.2 Å². The maximum Gasteiger partial charge on any atom is 0.337 e. The van der Waals surface area contributed by atoms with Crippen LogP contribution in [-0.2, 0) is 17.8 Å². The van der Waals surface area contributed by atoms with E-state index in [0.717, 1.165) is 6.07 Å². The molecule has 0 aliphatic heterocycles. The molecule has 0 radical (unpaired) electrons. The summed E-state index contributed by atoms with van der Waals surface area (Å²) < 4.78 is 39.5. The van der Waals surface area contributed by atoms with E-state index in [1.54, 1.807) is 48.5 Å². The summed E-state index contributed by atoms with van der Waals surface area (Å²) in [7, 11) is 1.31. The molecular weight excluding hydrogens is 490 g/mol. The Hall–Kier alpha value is -5.10. The predicted octanol–water partition coefficient (Wildman–Crippen LogP) is 5.73. The number of rotatable bonds is 7. The maximum atomic E-state index is 15.0. The molecule has 38 heavy (non-hydrogen) atoms. The van der Waals surface area contributed by atoms with Crippen LogP contribution in [0.5, 0.6) is 5.88 Å². The lowest BCUT2D eigenvalue weighted by Gasteiger charge is -2.09. The lowest BCUT2D eigenvalue weighted by atomic mass is 10.1. The fourth-order valence-electron chi connectivity index (χ4n) is 3.96. The molecule has 2 heterocycles. The minimum atomic E-state index is -0.536. The number of aromatic nitrogens is 3. The van der Waals surface area contributed by atoms with Crippen LogP contribution >= 0.6 is 0 Å². The Morgan fingerprint density at radius 1 is 0.974 bits per heavy atom. The van der Waals surface area contributed by atoms with Crippen molar-refractivity contribution in [3.63, 3.8) is 0 Å². The number of ether oxygens (including phenoxy) is 2. The van der Waals surface area contributed by atoms with Crippen molar-refractivity contribution in [1.29, 1.82) is 5.26 Å². The standard InChI is InChI=1S/C29H20F2N4O3/c1-37-29(36)20-9-10-25-26(13-20)34-27(33-25)14-18-7-8-19(12-23(18)31)24-3-2-4-28(35-24)38-16-21-6-5-17(15-32)11-22(21)30/h2-13H,14,16H2,1H3,(H,33,34). The number of carbonyl (C=O) groups is 1. The Labute approximate surface area is 216 Å². The van der Waals surface area contributed by atoms with E-state index in [-0.39, 0.29) is 24.5 Å². The number of nitriles is 1. The Morgan fingerprint density at radius 3 is 2.55 bits per heavy atom. The van der Waals surface area contributed by atoms with Gasteiger partial charge in [-0.15, -0.1) is 0 Å². The van der Waals surface area contributed by atoms with Crippen molar-refractivity contribution in [2.24, 2.45) is 0 Å². The highest BCUT2D eigenvalue weighted by atomic mass is 19.1. The molecule has 188 valence electrons. The normalized spacial score (nSPS) is 10.8. The van der Waals surface area contributed by atoms with Crippen molar-refractivity contribution in [2.45, 2.75) is 13.0 Å². The van der Waals surface area contributed by atoms with Gasteiger partial charge in [0.05, 0.1) is 41.0 Å². The molecule has 0 saturated heterocycles. The van der Waals surface area contributed by atoms with E-state index < -0.39 is 17.6 Å². The number of fused-ring (bicyclic) bond motifs is 1. The highest BCUT2D eigenvalue weighted by Gasteiger charge is 2.13. The third-order valence-electron chi connectivity index (χ3n) is 5.94. The number of nitrogens with zero attached hydrogens (tertiary/aromatic N) is 3. The zero-order valence-electron chi connectivity index (χ0n) is 20.2. The van der Waals surface area contributed by atoms with Gasteiger partial charge in [-0.25, -0.2) is 23.5 Å². The highest BCUT2D eigenvalue weighted by molar-refractivity contribution is 5.93. The molecule has 0 aliphatic carbocycles. The van der Waals surface area contributed by atoms with Gasteiger partial charge in [0.25, 0.3) is 0 Å². The summed E-state index contributed by atoms with van der Waals surface area (Å²) in [5, 5.41) is 8.87. The molecule has 0 fully saturated rings. The molecule has 3 aromatic carbocycles. The molecule has 0 atom stereocenters. The molecule has 7 nitrogen and oxygen atoms in total. The third-order valence-corrected chi connectivity index (χ3v) is 5.94. The second-order valence-electron chi connectivity index (χ2n) is 8.46. The summed E-state index contributed by atoms with van der Waals surface area (Å²) in [5.74, 6) is -0.604. The van der Waals surface area contributed by atoms with Gasteiger partial charge in [0.15, 0.2) is 0 Å². The van der Waals surface area contributed by atoms with Crippen molar-refractivity contribution in [3.05, 3.63) is 113 Å². The molecule has 2 aromatic heterocycles. The van der Waals surface area contributed by atoms with Crippen LogP contribution in [0.25, 0.3) is 22.3 Å². The Kier molecular flexibility index (Phi) is 6.78. The number of nitrogens with one attached hydrogen (secondary N) is 1. The van der Waals surface area contributed by atoms with Crippen LogP contribution in [0.1, 0.15) is 32.9 Å². The first-order valence-corrected chi connectivity index (χ1v) is 11.6. The number of hydrogen-bond acceptors (Lipinski definition) is 6.